The van der Waals surface area contributed by atoms with Crippen molar-refractivity contribution in [3.05, 3.63) is 77.3 Å². The highest BCUT2D eigenvalue weighted by Crippen LogP contribution is 2.30. The van der Waals surface area contributed by atoms with Crippen LogP contribution in [0.2, 0.25) is 0 Å². The first-order valence-corrected chi connectivity index (χ1v) is 10.6. The molecule has 0 amide bonds. The number of H-pyrrole nitrogens is 2. The van der Waals surface area contributed by atoms with Crippen LogP contribution in [0.1, 0.15) is 13.3 Å². The molecule has 8 nitrogen and oxygen atoms in total. The van der Waals surface area contributed by atoms with Crippen LogP contribution in [0.4, 0.5) is 10.2 Å². The predicted octanol–water partition coefficient (Wildman–Crippen LogP) is 3.18. The average molecular weight is 433 g/mol. The van der Waals surface area contributed by atoms with E-state index in [0.717, 1.165) is 19.5 Å². The first-order chi connectivity index (χ1) is 15.6. The summed E-state index contributed by atoms with van der Waals surface area (Å²) < 4.78 is 14.8. The molecule has 0 spiro atoms. The molecule has 2 aromatic heterocycles. The molecule has 9 heteroatoms. The van der Waals surface area contributed by atoms with Gasteiger partial charge in [-0.15, -0.1) is 0 Å². The molecule has 3 N–H and O–H groups in total. The first kappa shape index (κ1) is 20.2. The lowest BCUT2D eigenvalue weighted by Crippen LogP contribution is -2.43. The zero-order chi connectivity index (χ0) is 22.1. The molecular weight excluding hydrogens is 409 g/mol. The van der Waals surface area contributed by atoms with Crippen LogP contribution in [-0.4, -0.2) is 55.3 Å². The zero-order valence-electron chi connectivity index (χ0n) is 17.6. The number of anilines is 1. The van der Waals surface area contributed by atoms with Crippen LogP contribution in [0.3, 0.4) is 0 Å². The molecule has 5 rings (SSSR count). The third-order valence-electron chi connectivity index (χ3n) is 5.76. The number of allylic oxidation sites excluding steroid dienone is 3. The second-order valence-corrected chi connectivity index (χ2v) is 7.91. The SMILES string of the molecule is CC=CN1C=CC=CC1N1CC[C@H](Nc2nc(-c3n[nH]c(=O)[nH]3)cc3cccc(F)c23)C1. The van der Waals surface area contributed by atoms with Crippen molar-refractivity contribution in [1.29, 1.82) is 0 Å². The third kappa shape index (κ3) is 3.82. The van der Waals surface area contributed by atoms with E-state index in [1.165, 1.54) is 6.07 Å². The number of hydrogen-bond acceptors (Lipinski definition) is 6. The van der Waals surface area contributed by atoms with E-state index in [-0.39, 0.29) is 18.0 Å². The van der Waals surface area contributed by atoms with Gasteiger partial charge in [0.25, 0.3) is 0 Å². The van der Waals surface area contributed by atoms with Crippen LogP contribution in [-0.2, 0) is 0 Å². The summed E-state index contributed by atoms with van der Waals surface area (Å²) in [5.74, 6) is 0.433. The molecule has 2 aliphatic rings. The van der Waals surface area contributed by atoms with Gasteiger partial charge in [0.15, 0.2) is 5.82 Å². The smallest absolute Gasteiger partial charge is 0.340 e. The fraction of sp³-hybridized carbons (Fsp3) is 0.261. The van der Waals surface area contributed by atoms with Gasteiger partial charge in [-0.2, -0.15) is 5.10 Å². The van der Waals surface area contributed by atoms with Crippen molar-refractivity contribution in [3.8, 4) is 11.5 Å². The lowest BCUT2D eigenvalue weighted by Gasteiger charge is -2.34. The van der Waals surface area contributed by atoms with Crippen molar-refractivity contribution in [2.24, 2.45) is 0 Å². The Morgan fingerprint density at radius 1 is 1.31 bits per heavy atom. The Morgan fingerprint density at radius 2 is 2.22 bits per heavy atom. The highest BCUT2D eigenvalue weighted by Gasteiger charge is 2.30. The maximum atomic E-state index is 14.8. The van der Waals surface area contributed by atoms with Crippen molar-refractivity contribution in [2.75, 3.05) is 18.4 Å². The van der Waals surface area contributed by atoms with E-state index in [1.54, 1.807) is 12.1 Å². The Balaban J connectivity index is 1.43. The Labute approximate surface area is 184 Å². The number of hydrogen-bond donors (Lipinski definition) is 3. The molecule has 1 fully saturated rings. The van der Waals surface area contributed by atoms with Crippen LogP contribution < -0.4 is 11.0 Å². The van der Waals surface area contributed by atoms with E-state index in [4.69, 9.17) is 0 Å². The second-order valence-electron chi connectivity index (χ2n) is 7.91. The highest BCUT2D eigenvalue weighted by atomic mass is 19.1. The fourth-order valence-corrected chi connectivity index (χ4v) is 4.34. The Morgan fingerprint density at radius 3 is 3.03 bits per heavy atom. The van der Waals surface area contributed by atoms with Gasteiger partial charge in [-0.3, -0.25) is 9.88 Å². The summed E-state index contributed by atoms with van der Waals surface area (Å²) in [6.07, 6.45) is 13.4. The summed E-state index contributed by atoms with van der Waals surface area (Å²) in [7, 11) is 0. The molecule has 164 valence electrons. The molecule has 3 aromatic rings. The number of pyridine rings is 1. The van der Waals surface area contributed by atoms with Gasteiger partial charge in [-0.1, -0.05) is 24.3 Å². The zero-order valence-corrected chi connectivity index (χ0v) is 17.6. The van der Waals surface area contributed by atoms with Crippen LogP contribution in [0, 0.1) is 5.82 Å². The minimum atomic E-state index is -0.414. The number of benzene rings is 1. The molecule has 2 aliphatic heterocycles. The fourth-order valence-electron chi connectivity index (χ4n) is 4.34. The number of nitrogens with one attached hydrogen (secondary N) is 3. The van der Waals surface area contributed by atoms with Crippen molar-refractivity contribution >= 4 is 16.6 Å². The minimum absolute atomic E-state index is 0.102. The van der Waals surface area contributed by atoms with Gasteiger partial charge >= 0.3 is 5.69 Å². The summed E-state index contributed by atoms with van der Waals surface area (Å²) >= 11 is 0. The highest BCUT2D eigenvalue weighted by molar-refractivity contribution is 5.94. The Hall–Kier alpha value is -3.72. The number of aromatic amines is 2. The summed E-state index contributed by atoms with van der Waals surface area (Å²) in [5.41, 5.74) is 0.0563. The Kier molecular flexibility index (Phi) is 5.32. The summed E-state index contributed by atoms with van der Waals surface area (Å²) in [6.45, 7) is 3.70. The van der Waals surface area contributed by atoms with E-state index < -0.39 is 5.69 Å². The maximum absolute atomic E-state index is 14.8. The number of nitrogens with zero attached hydrogens (tertiary/aromatic N) is 4. The molecule has 0 aliphatic carbocycles. The van der Waals surface area contributed by atoms with E-state index in [0.29, 0.717) is 28.1 Å². The van der Waals surface area contributed by atoms with E-state index in [1.807, 2.05) is 25.1 Å². The summed E-state index contributed by atoms with van der Waals surface area (Å²) in [4.78, 5) is 23.3. The van der Waals surface area contributed by atoms with Gasteiger partial charge < -0.3 is 10.2 Å². The molecule has 0 radical (unpaired) electrons. The van der Waals surface area contributed by atoms with Gasteiger partial charge in [-0.05, 0) is 43.0 Å². The molecule has 32 heavy (non-hydrogen) atoms. The molecule has 0 bridgehead atoms. The van der Waals surface area contributed by atoms with Crippen molar-refractivity contribution < 1.29 is 4.39 Å². The second kappa shape index (κ2) is 8.43. The number of aromatic nitrogens is 4. The quantitative estimate of drug-likeness (QED) is 0.572. The Bertz CT molecular complexity index is 1270. The summed E-state index contributed by atoms with van der Waals surface area (Å²) in [6, 6.07) is 6.75. The molecule has 0 saturated carbocycles. The van der Waals surface area contributed by atoms with Gasteiger partial charge in [0.1, 0.15) is 23.5 Å². The number of rotatable bonds is 5. The van der Waals surface area contributed by atoms with Crippen molar-refractivity contribution in [1.82, 2.24) is 30.0 Å². The van der Waals surface area contributed by atoms with E-state index in [9.17, 15) is 9.18 Å². The first-order valence-electron chi connectivity index (χ1n) is 10.6. The number of fused-ring (bicyclic) bond motifs is 1. The van der Waals surface area contributed by atoms with Gasteiger partial charge in [0.2, 0.25) is 0 Å². The monoisotopic (exact) mass is 433 g/mol. The summed E-state index contributed by atoms with van der Waals surface area (Å²) in [5, 5.41) is 10.9. The molecular formula is C23H24FN7O. The van der Waals surface area contributed by atoms with Gasteiger partial charge in [-0.25, -0.2) is 19.3 Å². The number of halogens is 1. The predicted molar refractivity (Wildman–Crippen MR) is 122 cm³/mol. The van der Waals surface area contributed by atoms with Gasteiger partial charge in [0.05, 0.1) is 5.39 Å². The maximum Gasteiger partial charge on any atom is 0.340 e. The van der Waals surface area contributed by atoms with Crippen LogP contribution in [0.25, 0.3) is 22.3 Å². The topological polar surface area (TPSA) is 92.9 Å². The average Bonchev–Trinajstić information content (AvgIpc) is 3.43. The molecule has 2 atom stereocenters. The third-order valence-corrected chi connectivity index (χ3v) is 5.76. The largest absolute Gasteiger partial charge is 0.365 e. The molecule has 1 unspecified atom stereocenters. The van der Waals surface area contributed by atoms with Crippen molar-refractivity contribution in [3.63, 3.8) is 0 Å². The van der Waals surface area contributed by atoms with Gasteiger partial charge in [0, 0.05) is 31.5 Å². The number of likely N-dealkylation sites (tertiary alicyclic amines) is 1. The van der Waals surface area contributed by atoms with E-state index in [2.05, 4.69) is 59.8 Å². The van der Waals surface area contributed by atoms with Crippen LogP contribution >= 0.6 is 0 Å². The minimum Gasteiger partial charge on any atom is -0.365 e. The molecule has 4 heterocycles. The molecule has 1 saturated heterocycles. The van der Waals surface area contributed by atoms with Crippen molar-refractivity contribution in [2.45, 2.75) is 25.6 Å². The van der Waals surface area contributed by atoms with Crippen LogP contribution in [0.5, 0.6) is 0 Å². The lowest BCUT2D eigenvalue weighted by molar-refractivity contribution is 0.173. The van der Waals surface area contributed by atoms with E-state index >= 15 is 0 Å². The normalized spacial score (nSPS) is 21.2. The van der Waals surface area contributed by atoms with Crippen LogP contribution in [0.15, 0.2) is 65.8 Å². The lowest BCUT2D eigenvalue weighted by atomic mass is 10.1. The molecule has 1 aromatic carbocycles. The standard InChI is InChI=1S/C23H24FN7O/c1-2-10-30-11-4-3-8-19(30)31-12-9-16(14-31)25-22-20-15(6-5-7-17(20)24)13-18(26-22)21-27-23(32)29-28-21/h2-8,10-11,13,16,19H,9,12,14H2,1H3,(H,25,26)(H2,27,28,29,32)/t16-,19?/m0/s1.